The van der Waals surface area contributed by atoms with E-state index in [1.807, 2.05) is 31.2 Å². The van der Waals surface area contributed by atoms with Gasteiger partial charge in [-0.05, 0) is 68.2 Å². The fourth-order valence-corrected chi connectivity index (χ4v) is 6.24. The van der Waals surface area contributed by atoms with E-state index in [9.17, 15) is 18.0 Å². The first-order chi connectivity index (χ1) is 14.8. The van der Waals surface area contributed by atoms with E-state index in [2.05, 4.69) is 10.3 Å². The first-order valence-corrected chi connectivity index (χ1v) is 12.5. The molecule has 6 nitrogen and oxygen atoms in total. The maximum absolute atomic E-state index is 12.7. The molecule has 1 aliphatic heterocycles. The van der Waals surface area contributed by atoms with Gasteiger partial charge in [-0.15, -0.1) is 0 Å². The van der Waals surface area contributed by atoms with Gasteiger partial charge in [-0.3, -0.25) is 9.59 Å². The summed E-state index contributed by atoms with van der Waals surface area (Å²) in [5, 5.41) is 2.69. The number of H-pyrrole nitrogens is 1. The monoisotopic (exact) mass is 438 g/mol. The number of nitrogens with one attached hydrogen (secondary N) is 2. The molecule has 0 bridgehead atoms. The number of benzene rings is 1. The summed E-state index contributed by atoms with van der Waals surface area (Å²) in [6.07, 6.45) is 6.69. The topological polar surface area (TPSA) is 96.1 Å². The lowest BCUT2D eigenvalue weighted by molar-refractivity contribution is -0.119. The number of hydrogen-bond acceptors (Lipinski definition) is 4. The SMILES string of the molecule is Cc1cc(C(=C[C@H]2CCC(=O)N2)c2ccc(C3CC3)c(=O)[nH]2)ccc1S(=O)(=O)C1CC1. The number of aryl methyl sites for hydroxylation is 1. The molecule has 1 aromatic carbocycles. The van der Waals surface area contributed by atoms with Crippen LogP contribution in [0.15, 0.2) is 46.1 Å². The van der Waals surface area contributed by atoms with E-state index >= 15 is 0 Å². The van der Waals surface area contributed by atoms with Crippen LogP contribution >= 0.6 is 0 Å². The molecule has 2 saturated carbocycles. The van der Waals surface area contributed by atoms with Crippen molar-refractivity contribution < 1.29 is 13.2 Å². The van der Waals surface area contributed by atoms with Crippen LogP contribution in [-0.2, 0) is 14.6 Å². The Bertz CT molecular complexity index is 1250. The van der Waals surface area contributed by atoms with Crippen molar-refractivity contribution in [1.29, 1.82) is 0 Å². The van der Waals surface area contributed by atoms with Crippen molar-refractivity contribution in [2.24, 2.45) is 0 Å². The zero-order valence-electron chi connectivity index (χ0n) is 17.5. The molecule has 2 aromatic rings. The fraction of sp³-hybridized carbons (Fsp3) is 0.417. The third-order valence-corrected chi connectivity index (χ3v) is 8.82. The Hall–Kier alpha value is -2.67. The van der Waals surface area contributed by atoms with Crippen LogP contribution in [0.25, 0.3) is 5.57 Å². The van der Waals surface area contributed by atoms with Gasteiger partial charge < -0.3 is 10.3 Å². The Kier molecular flexibility index (Phi) is 4.88. The third kappa shape index (κ3) is 3.99. The lowest BCUT2D eigenvalue weighted by atomic mass is 9.97. The molecule has 0 unspecified atom stereocenters. The average molecular weight is 439 g/mol. The molecule has 0 radical (unpaired) electrons. The summed E-state index contributed by atoms with van der Waals surface area (Å²) in [7, 11) is -3.28. The molecule has 2 heterocycles. The first kappa shape index (κ1) is 20.2. The van der Waals surface area contributed by atoms with Gasteiger partial charge in [-0.25, -0.2) is 8.42 Å². The average Bonchev–Trinajstić information content (AvgIpc) is 3.64. The molecular weight excluding hydrogens is 412 g/mol. The molecule has 3 aliphatic rings. The van der Waals surface area contributed by atoms with Gasteiger partial charge in [0.05, 0.1) is 10.1 Å². The van der Waals surface area contributed by atoms with Crippen LogP contribution < -0.4 is 10.9 Å². The highest BCUT2D eigenvalue weighted by molar-refractivity contribution is 7.92. The van der Waals surface area contributed by atoms with E-state index in [0.717, 1.165) is 42.4 Å². The Morgan fingerprint density at radius 3 is 2.39 bits per heavy atom. The van der Waals surface area contributed by atoms with Gasteiger partial charge in [0.25, 0.3) is 5.56 Å². The van der Waals surface area contributed by atoms with Crippen LogP contribution in [0.5, 0.6) is 0 Å². The lowest BCUT2D eigenvalue weighted by Gasteiger charge is -2.15. The largest absolute Gasteiger partial charge is 0.350 e. The summed E-state index contributed by atoms with van der Waals surface area (Å²) in [6.45, 7) is 1.81. The van der Waals surface area contributed by atoms with Crippen molar-refractivity contribution in [2.45, 2.75) is 67.6 Å². The minimum atomic E-state index is -3.28. The molecule has 0 spiro atoms. The molecule has 5 rings (SSSR count). The van der Waals surface area contributed by atoms with Gasteiger partial charge in [0.2, 0.25) is 5.91 Å². The van der Waals surface area contributed by atoms with Crippen LogP contribution in [-0.4, -0.2) is 30.6 Å². The Morgan fingerprint density at radius 1 is 1.03 bits per heavy atom. The van der Waals surface area contributed by atoms with Gasteiger partial charge in [0.1, 0.15) is 0 Å². The first-order valence-electron chi connectivity index (χ1n) is 10.9. The highest BCUT2D eigenvalue weighted by Crippen LogP contribution is 2.39. The van der Waals surface area contributed by atoms with Gasteiger partial charge >= 0.3 is 0 Å². The second-order valence-corrected chi connectivity index (χ2v) is 11.1. The van der Waals surface area contributed by atoms with Crippen LogP contribution in [0.2, 0.25) is 0 Å². The molecule has 2 N–H and O–H groups in total. The van der Waals surface area contributed by atoms with E-state index in [4.69, 9.17) is 0 Å². The zero-order chi connectivity index (χ0) is 21.8. The molecule has 1 saturated heterocycles. The molecule has 31 heavy (non-hydrogen) atoms. The summed E-state index contributed by atoms with van der Waals surface area (Å²) in [5.74, 6) is 0.369. The maximum Gasteiger partial charge on any atom is 0.251 e. The molecule has 1 aromatic heterocycles. The number of aromatic amines is 1. The molecule has 3 fully saturated rings. The highest BCUT2D eigenvalue weighted by Gasteiger charge is 2.37. The Labute approximate surface area is 181 Å². The normalized spacial score (nSPS) is 21.9. The minimum absolute atomic E-state index is 0.0141. The minimum Gasteiger partial charge on any atom is -0.350 e. The fourth-order valence-electron chi connectivity index (χ4n) is 4.36. The molecule has 1 amide bonds. The summed E-state index contributed by atoms with van der Waals surface area (Å²) >= 11 is 0. The Balaban J connectivity index is 1.57. The van der Waals surface area contributed by atoms with Crippen molar-refractivity contribution >= 4 is 21.3 Å². The van der Waals surface area contributed by atoms with E-state index in [0.29, 0.717) is 34.9 Å². The van der Waals surface area contributed by atoms with Crippen LogP contribution in [0.1, 0.15) is 66.8 Å². The summed E-state index contributed by atoms with van der Waals surface area (Å²) in [5.41, 5.74) is 3.73. The van der Waals surface area contributed by atoms with E-state index < -0.39 is 9.84 Å². The smallest absolute Gasteiger partial charge is 0.251 e. The second kappa shape index (κ2) is 7.48. The number of rotatable bonds is 6. The van der Waals surface area contributed by atoms with Crippen molar-refractivity contribution in [3.63, 3.8) is 0 Å². The van der Waals surface area contributed by atoms with Crippen molar-refractivity contribution in [1.82, 2.24) is 10.3 Å². The summed E-state index contributed by atoms with van der Waals surface area (Å²) in [4.78, 5) is 27.7. The highest BCUT2D eigenvalue weighted by atomic mass is 32.2. The molecular formula is C24H26N2O4S. The number of carbonyl (C=O) groups is 1. The van der Waals surface area contributed by atoms with Crippen LogP contribution in [0.4, 0.5) is 0 Å². The number of aromatic nitrogens is 1. The number of sulfone groups is 1. The van der Waals surface area contributed by atoms with Crippen LogP contribution in [0.3, 0.4) is 0 Å². The van der Waals surface area contributed by atoms with Crippen LogP contribution in [0, 0.1) is 6.92 Å². The molecule has 1 atom stereocenters. The van der Waals surface area contributed by atoms with Gasteiger partial charge in [0.15, 0.2) is 9.84 Å². The second-order valence-electron chi connectivity index (χ2n) is 8.95. The lowest BCUT2D eigenvalue weighted by Crippen LogP contribution is -2.23. The van der Waals surface area contributed by atoms with Gasteiger partial charge in [-0.2, -0.15) is 0 Å². The maximum atomic E-state index is 12.7. The molecule has 2 aliphatic carbocycles. The van der Waals surface area contributed by atoms with E-state index in [1.165, 1.54) is 0 Å². The number of amides is 1. The quantitative estimate of drug-likeness (QED) is 0.724. The molecule has 162 valence electrons. The van der Waals surface area contributed by atoms with Gasteiger partial charge in [0, 0.05) is 29.3 Å². The van der Waals surface area contributed by atoms with E-state index in [-0.39, 0.29) is 22.8 Å². The van der Waals surface area contributed by atoms with Crippen molar-refractivity contribution in [3.05, 3.63) is 69.1 Å². The van der Waals surface area contributed by atoms with Crippen molar-refractivity contribution in [2.75, 3.05) is 0 Å². The predicted molar refractivity (Wildman–Crippen MR) is 119 cm³/mol. The molecule has 7 heteroatoms. The van der Waals surface area contributed by atoms with E-state index in [1.54, 1.807) is 12.1 Å². The van der Waals surface area contributed by atoms with Gasteiger partial charge in [-0.1, -0.05) is 24.3 Å². The zero-order valence-corrected chi connectivity index (χ0v) is 18.3. The summed E-state index contributed by atoms with van der Waals surface area (Å²) < 4.78 is 25.4. The third-order valence-electron chi connectivity index (χ3n) is 6.40. The van der Waals surface area contributed by atoms with Crippen molar-refractivity contribution in [3.8, 4) is 0 Å². The Morgan fingerprint density at radius 2 is 1.81 bits per heavy atom. The summed E-state index contributed by atoms with van der Waals surface area (Å²) in [6, 6.07) is 9.04. The number of hydrogen-bond donors (Lipinski definition) is 2. The number of carbonyl (C=O) groups excluding carboxylic acids is 1. The standard InChI is InChI=1S/C24H26N2O4S/c1-14-12-16(4-10-22(14)31(29,30)18-6-7-18)20(13-17-5-11-23(27)25-17)21-9-8-19(15-2-3-15)24(28)26-21/h4,8-10,12-13,15,17-18H,2-3,5-7,11H2,1H3,(H,25,27)(H,26,28)/t17-/m1/s1. The predicted octanol–water partition coefficient (Wildman–Crippen LogP) is 3.21. The number of pyridine rings is 1.